The Kier molecular flexibility index (Phi) is 2.81. The Morgan fingerprint density at radius 2 is 2.10 bits per heavy atom. The molecule has 0 rings (SSSR count). The summed E-state index contributed by atoms with van der Waals surface area (Å²) in [4.78, 5) is 10.1. The second-order valence-electron chi connectivity index (χ2n) is 3.00. The molecular weight excluding hydrogens is 135 g/mol. The summed E-state index contributed by atoms with van der Waals surface area (Å²) in [5.41, 5.74) is -1.58. The van der Waals surface area contributed by atoms with Crippen molar-refractivity contribution in [2.24, 2.45) is 5.92 Å². The minimum Gasteiger partial charge on any atom is -0.481 e. The molecule has 0 fully saturated rings. The minimum absolute atomic E-state index is 0.247. The fraction of sp³-hybridized carbons (Fsp3) is 0.857. The normalized spacial score (nSPS) is 16.9. The quantitative estimate of drug-likeness (QED) is 0.663. The number of carboxylic acids is 1. The van der Waals surface area contributed by atoms with Crippen LogP contribution in [0, 0.1) is 5.92 Å². The molecule has 0 bridgehead atoms. The highest BCUT2D eigenvalue weighted by atomic mass is 19.1. The second kappa shape index (κ2) is 2.99. The zero-order valence-corrected chi connectivity index (χ0v) is 6.52. The summed E-state index contributed by atoms with van der Waals surface area (Å²) in [5, 5.41) is 8.26. The van der Waals surface area contributed by atoms with Gasteiger partial charge in [-0.15, -0.1) is 0 Å². The van der Waals surface area contributed by atoms with Crippen molar-refractivity contribution in [3.63, 3.8) is 0 Å². The summed E-state index contributed by atoms with van der Waals surface area (Å²) in [7, 11) is 0. The molecule has 60 valence electrons. The van der Waals surface area contributed by atoms with E-state index < -0.39 is 18.1 Å². The summed E-state index contributed by atoms with van der Waals surface area (Å²) in [6.45, 7) is 4.65. The van der Waals surface area contributed by atoms with E-state index in [4.69, 9.17) is 5.11 Å². The van der Waals surface area contributed by atoms with Crippen molar-refractivity contribution >= 4 is 5.97 Å². The van der Waals surface area contributed by atoms with E-state index in [0.29, 0.717) is 0 Å². The average molecular weight is 148 g/mol. The SMILES string of the molecule is CC(C)C(C)(F)CC(=O)O. The third-order valence-electron chi connectivity index (χ3n) is 1.70. The van der Waals surface area contributed by atoms with Gasteiger partial charge in [-0.1, -0.05) is 13.8 Å². The molecule has 0 aliphatic carbocycles. The topological polar surface area (TPSA) is 37.3 Å². The van der Waals surface area contributed by atoms with Crippen LogP contribution in [0.2, 0.25) is 0 Å². The van der Waals surface area contributed by atoms with Crippen molar-refractivity contribution in [3.05, 3.63) is 0 Å². The van der Waals surface area contributed by atoms with Gasteiger partial charge in [-0.3, -0.25) is 4.79 Å². The lowest BCUT2D eigenvalue weighted by Gasteiger charge is -2.21. The number of aliphatic carboxylic acids is 1. The number of carboxylic acid groups (broad SMARTS) is 1. The molecule has 0 radical (unpaired) electrons. The van der Waals surface area contributed by atoms with Crippen LogP contribution in [-0.4, -0.2) is 16.7 Å². The molecule has 0 aromatic carbocycles. The Hall–Kier alpha value is -0.600. The molecule has 0 aromatic rings. The first-order chi connectivity index (χ1) is 4.36. The van der Waals surface area contributed by atoms with Gasteiger partial charge in [-0.2, -0.15) is 0 Å². The maximum Gasteiger partial charge on any atom is 0.306 e. The molecule has 1 atom stereocenters. The lowest BCUT2D eigenvalue weighted by molar-refractivity contribution is -0.140. The molecule has 0 amide bonds. The number of hydrogen-bond donors (Lipinski definition) is 1. The maximum atomic E-state index is 13.1. The molecule has 10 heavy (non-hydrogen) atoms. The van der Waals surface area contributed by atoms with Gasteiger partial charge >= 0.3 is 5.97 Å². The first kappa shape index (κ1) is 9.40. The van der Waals surface area contributed by atoms with Crippen LogP contribution in [0.5, 0.6) is 0 Å². The van der Waals surface area contributed by atoms with Crippen LogP contribution in [0.15, 0.2) is 0 Å². The van der Waals surface area contributed by atoms with Crippen LogP contribution in [-0.2, 0) is 4.79 Å². The summed E-state index contributed by atoms with van der Waals surface area (Å²) < 4.78 is 13.1. The van der Waals surface area contributed by atoms with E-state index >= 15 is 0 Å². The highest BCUT2D eigenvalue weighted by Crippen LogP contribution is 2.24. The van der Waals surface area contributed by atoms with E-state index in [1.165, 1.54) is 6.92 Å². The van der Waals surface area contributed by atoms with Crippen LogP contribution in [0.3, 0.4) is 0 Å². The van der Waals surface area contributed by atoms with Gasteiger partial charge in [0.15, 0.2) is 0 Å². The van der Waals surface area contributed by atoms with Crippen molar-refractivity contribution in [2.75, 3.05) is 0 Å². The Balaban J connectivity index is 3.99. The largest absolute Gasteiger partial charge is 0.481 e. The standard InChI is InChI=1S/C7H13FO2/c1-5(2)7(3,8)4-6(9)10/h5H,4H2,1-3H3,(H,9,10). The monoisotopic (exact) mass is 148 g/mol. The summed E-state index contributed by atoms with van der Waals surface area (Å²) in [6.07, 6.45) is -0.412. The third kappa shape index (κ3) is 2.80. The van der Waals surface area contributed by atoms with Crippen molar-refractivity contribution in [1.29, 1.82) is 0 Å². The summed E-state index contributed by atoms with van der Waals surface area (Å²) in [6, 6.07) is 0. The lowest BCUT2D eigenvalue weighted by atomic mass is 9.91. The lowest BCUT2D eigenvalue weighted by Crippen LogP contribution is -2.28. The molecule has 1 unspecified atom stereocenters. The number of rotatable bonds is 3. The van der Waals surface area contributed by atoms with Crippen LogP contribution < -0.4 is 0 Å². The molecule has 0 saturated heterocycles. The van der Waals surface area contributed by atoms with Crippen LogP contribution in [0.4, 0.5) is 4.39 Å². The maximum absolute atomic E-state index is 13.1. The van der Waals surface area contributed by atoms with Gasteiger partial charge in [0.25, 0.3) is 0 Å². The van der Waals surface area contributed by atoms with Crippen molar-refractivity contribution in [2.45, 2.75) is 32.9 Å². The predicted molar refractivity (Wildman–Crippen MR) is 36.6 cm³/mol. The molecule has 0 aliphatic rings. The Labute approximate surface area is 60.1 Å². The highest BCUT2D eigenvalue weighted by molar-refractivity contribution is 5.68. The number of carbonyl (C=O) groups is 1. The van der Waals surface area contributed by atoms with E-state index in [9.17, 15) is 9.18 Å². The minimum atomic E-state index is -1.58. The molecular formula is C7H13FO2. The smallest absolute Gasteiger partial charge is 0.306 e. The first-order valence-corrected chi connectivity index (χ1v) is 3.27. The van der Waals surface area contributed by atoms with Gasteiger partial charge in [0.2, 0.25) is 0 Å². The van der Waals surface area contributed by atoms with E-state index in [-0.39, 0.29) is 5.92 Å². The highest BCUT2D eigenvalue weighted by Gasteiger charge is 2.30. The van der Waals surface area contributed by atoms with E-state index in [1.54, 1.807) is 13.8 Å². The van der Waals surface area contributed by atoms with Gasteiger partial charge in [-0.25, -0.2) is 4.39 Å². The fourth-order valence-corrected chi connectivity index (χ4v) is 0.500. The molecule has 0 aliphatic heterocycles. The zero-order valence-electron chi connectivity index (χ0n) is 6.52. The van der Waals surface area contributed by atoms with Gasteiger partial charge in [0, 0.05) is 0 Å². The number of halogens is 1. The first-order valence-electron chi connectivity index (χ1n) is 3.27. The Morgan fingerprint density at radius 3 is 2.20 bits per heavy atom. The van der Waals surface area contributed by atoms with Crippen molar-refractivity contribution < 1.29 is 14.3 Å². The average Bonchev–Trinajstić information content (AvgIpc) is 1.60. The second-order valence-corrected chi connectivity index (χ2v) is 3.00. The number of hydrogen-bond acceptors (Lipinski definition) is 1. The molecule has 0 heterocycles. The third-order valence-corrected chi connectivity index (χ3v) is 1.70. The van der Waals surface area contributed by atoms with Gasteiger partial charge in [-0.05, 0) is 12.8 Å². The molecule has 0 aromatic heterocycles. The van der Waals surface area contributed by atoms with Gasteiger partial charge < -0.3 is 5.11 Å². The van der Waals surface area contributed by atoms with E-state index in [0.717, 1.165) is 0 Å². The molecule has 3 heteroatoms. The zero-order chi connectivity index (χ0) is 8.36. The Morgan fingerprint density at radius 1 is 1.70 bits per heavy atom. The molecule has 2 nitrogen and oxygen atoms in total. The van der Waals surface area contributed by atoms with Crippen LogP contribution >= 0.6 is 0 Å². The Bertz CT molecular complexity index is 130. The molecule has 1 N–H and O–H groups in total. The van der Waals surface area contributed by atoms with E-state index in [1.807, 2.05) is 0 Å². The van der Waals surface area contributed by atoms with Crippen LogP contribution in [0.25, 0.3) is 0 Å². The van der Waals surface area contributed by atoms with Crippen molar-refractivity contribution in [1.82, 2.24) is 0 Å². The fourth-order valence-electron chi connectivity index (χ4n) is 0.500. The van der Waals surface area contributed by atoms with E-state index in [2.05, 4.69) is 0 Å². The van der Waals surface area contributed by atoms with Crippen molar-refractivity contribution in [3.8, 4) is 0 Å². The summed E-state index contributed by atoms with van der Waals surface area (Å²) in [5.74, 6) is -1.33. The number of alkyl halides is 1. The molecule has 0 saturated carbocycles. The predicted octanol–water partition coefficient (Wildman–Crippen LogP) is 1.85. The van der Waals surface area contributed by atoms with Gasteiger partial charge in [0.05, 0.1) is 6.42 Å². The molecule has 0 spiro atoms. The van der Waals surface area contributed by atoms with Crippen LogP contribution in [0.1, 0.15) is 27.2 Å². The van der Waals surface area contributed by atoms with Gasteiger partial charge in [0.1, 0.15) is 5.67 Å². The summed E-state index contributed by atoms with van der Waals surface area (Å²) >= 11 is 0.